The summed E-state index contributed by atoms with van der Waals surface area (Å²) in [5.41, 5.74) is 11.0. The van der Waals surface area contributed by atoms with Gasteiger partial charge in [0.25, 0.3) is 0 Å². The van der Waals surface area contributed by atoms with E-state index in [1.807, 2.05) is 0 Å². The van der Waals surface area contributed by atoms with Gasteiger partial charge in [0.05, 0.1) is 19.3 Å². The van der Waals surface area contributed by atoms with Crippen LogP contribution < -0.4 is 48.7 Å². The molecule has 2 aliphatic heterocycles. The maximum atomic E-state index is 13.5. The molecule has 0 aromatic carbocycles. The summed E-state index contributed by atoms with van der Waals surface area (Å²) >= 11 is 0. The number of aliphatic hydroxyl groups is 5. The van der Waals surface area contributed by atoms with Crippen molar-refractivity contribution in [2.24, 2.45) is 11.5 Å². The number of nitrogens with two attached hydrogens (primary N) is 2. The number of nitrogens with one attached hydrogen (secondary N) is 7. The summed E-state index contributed by atoms with van der Waals surface area (Å²) in [6, 6.07) is -9.20. The number of unbranched alkanes of at least 4 members (excludes halogenated alkanes) is 1. The van der Waals surface area contributed by atoms with Crippen molar-refractivity contribution in [3.63, 3.8) is 0 Å². The molecule has 0 spiro atoms. The summed E-state index contributed by atoms with van der Waals surface area (Å²) in [5.74, 6) is -7.75. The molecule has 28 heteroatoms. The van der Waals surface area contributed by atoms with E-state index in [0.717, 1.165) is 13.8 Å². The van der Waals surface area contributed by atoms with E-state index in [1.165, 1.54) is 27.7 Å². The van der Waals surface area contributed by atoms with Gasteiger partial charge in [-0.05, 0) is 53.4 Å². The Labute approximate surface area is 385 Å². The van der Waals surface area contributed by atoms with Crippen LogP contribution in [0.5, 0.6) is 0 Å². The Bertz CT molecular complexity index is 1730. The van der Waals surface area contributed by atoms with Gasteiger partial charge < -0.3 is 98.3 Å². The predicted molar refractivity (Wildman–Crippen MR) is 226 cm³/mol. The predicted octanol–water partition coefficient (Wildman–Crippen LogP) is -7.73. The van der Waals surface area contributed by atoms with E-state index in [0.29, 0.717) is 12.8 Å². The van der Waals surface area contributed by atoms with Gasteiger partial charge in [0.15, 0.2) is 12.6 Å². The molecule has 0 saturated carbocycles. The normalized spacial score (nSPS) is 27.6. The van der Waals surface area contributed by atoms with E-state index in [4.69, 9.17) is 30.4 Å². The van der Waals surface area contributed by atoms with Crippen molar-refractivity contribution in [2.75, 3.05) is 19.8 Å². The van der Waals surface area contributed by atoms with Crippen LogP contribution in [0.3, 0.4) is 0 Å². The standard InChI is InChI=1S/C39H67N9O19/c1-15(40)33(57)42-12-8-7-9-22(36(60)44-17(3)37(61)62)47-25(53)11-10-21(32(41)56)48-34(58)16(2)43-35(59)18(4)64-31-27(46-20(6)52)38(63)65-24(14-50)30(31)67-39-26(45-19(5)51)29(55)28(54)23(13-49)66-39/h15-18,21-24,26-31,38-39,49-50,54-55,63H,7-14,40H2,1-6H3,(H2,41,56)(H,42,57)(H,43,59)(H,44,60)(H,45,51)(H,46,52)(H,47,53)(H,48,58)(H,61,62). The number of carboxylic acids is 1. The largest absolute Gasteiger partial charge is 0.480 e. The van der Waals surface area contributed by atoms with Gasteiger partial charge in [-0.2, -0.15) is 0 Å². The number of carboxylic acid groups (broad SMARTS) is 1. The summed E-state index contributed by atoms with van der Waals surface area (Å²) in [6.45, 7) is 5.83. The first-order valence-corrected chi connectivity index (χ1v) is 21.5. The third-order valence-electron chi connectivity index (χ3n) is 10.6. The second kappa shape index (κ2) is 27.6. The molecule has 0 bridgehead atoms. The molecule has 2 rings (SSSR count). The monoisotopic (exact) mass is 965 g/mol. The second-order valence-corrected chi connectivity index (χ2v) is 16.2. The highest BCUT2D eigenvalue weighted by molar-refractivity contribution is 5.93. The van der Waals surface area contributed by atoms with Crippen LogP contribution >= 0.6 is 0 Å². The molecule has 16 atom stereocenters. The molecule has 67 heavy (non-hydrogen) atoms. The molecule has 2 heterocycles. The van der Waals surface area contributed by atoms with Gasteiger partial charge in [-0.1, -0.05) is 0 Å². The van der Waals surface area contributed by atoms with Crippen molar-refractivity contribution in [1.29, 1.82) is 0 Å². The molecule has 0 aliphatic carbocycles. The second-order valence-electron chi connectivity index (χ2n) is 16.2. The molecule has 28 nitrogen and oxygen atoms in total. The number of hydrogen-bond donors (Lipinski definition) is 15. The van der Waals surface area contributed by atoms with Crippen LogP contribution in [0.1, 0.15) is 73.6 Å². The van der Waals surface area contributed by atoms with Crippen LogP contribution in [-0.2, 0) is 62.1 Å². The maximum Gasteiger partial charge on any atom is 0.325 e. The Morgan fingerprint density at radius 3 is 1.82 bits per heavy atom. The van der Waals surface area contributed by atoms with Gasteiger partial charge in [-0.3, -0.25) is 43.2 Å². The van der Waals surface area contributed by atoms with Crippen molar-refractivity contribution in [3.8, 4) is 0 Å². The zero-order chi connectivity index (χ0) is 50.9. The lowest BCUT2D eigenvalue weighted by Crippen LogP contribution is -2.70. The molecule has 0 aromatic rings. The molecule has 17 N–H and O–H groups in total. The molecule has 2 saturated heterocycles. The maximum absolute atomic E-state index is 13.5. The number of amides is 8. The van der Waals surface area contributed by atoms with Gasteiger partial charge in [0.2, 0.25) is 47.3 Å². The van der Waals surface area contributed by atoms with E-state index in [2.05, 4.69) is 37.2 Å². The van der Waals surface area contributed by atoms with Crippen molar-refractivity contribution in [3.05, 3.63) is 0 Å². The number of carbonyl (C=O) groups is 9. The van der Waals surface area contributed by atoms with Gasteiger partial charge >= 0.3 is 5.97 Å². The molecule has 2 aliphatic rings. The van der Waals surface area contributed by atoms with Crippen molar-refractivity contribution in [2.45, 2.75) is 171 Å². The Balaban J connectivity index is 2.19. The Hall–Kier alpha value is -5.17. The van der Waals surface area contributed by atoms with Crippen LogP contribution in [-0.4, -0.2) is 201 Å². The first-order chi connectivity index (χ1) is 31.3. The smallest absolute Gasteiger partial charge is 0.325 e. The number of aliphatic hydroxyl groups excluding tert-OH is 5. The van der Waals surface area contributed by atoms with Gasteiger partial charge in [-0.15, -0.1) is 0 Å². The summed E-state index contributed by atoms with van der Waals surface area (Å²) < 4.78 is 23.2. The minimum atomic E-state index is -1.88. The molecule has 0 aromatic heterocycles. The van der Waals surface area contributed by atoms with E-state index in [1.54, 1.807) is 0 Å². The molecular formula is C39H67N9O19. The third-order valence-corrected chi connectivity index (χ3v) is 10.6. The summed E-state index contributed by atoms with van der Waals surface area (Å²) in [6.07, 6.45) is -14.9. The number of carbonyl (C=O) groups excluding carboxylic acids is 8. The topological polar surface area (TPSA) is 448 Å². The Morgan fingerprint density at radius 1 is 0.672 bits per heavy atom. The number of hydrogen-bond acceptors (Lipinski definition) is 19. The van der Waals surface area contributed by atoms with E-state index >= 15 is 0 Å². The minimum Gasteiger partial charge on any atom is -0.480 e. The number of aliphatic carboxylic acids is 1. The van der Waals surface area contributed by atoms with Crippen LogP contribution in [0, 0.1) is 0 Å². The van der Waals surface area contributed by atoms with Crippen LogP contribution in [0.15, 0.2) is 0 Å². The van der Waals surface area contributed by atoms with E-state index in [-0.39, 0.29) is 19.4 Å². The highest BCUT2D eigenvalue weighted by Crippen LogP contribution is 2.31. The zero-order valence-electron chi connectivity index (χ0n) is 38.0. The number of rotatable bonds is 26. The summed E-state index contributed by atoms with van der Waals surface area (Å²) in [4.78, 5) is 112. The SMILES string of the molecule is CC(=O)NC1C(OC2C(CO)OC(O)C(NC(C)=O)C2OC(C)C(=O)NC(C)C(=O)NC(CCC(=O)NC(CCCCNC(=O)C(C)N)C(=O)NC(C)C(=O)O)C(N)=O)OC(CO)C(O)C1O. The zero-order valence-corrected chi connectivity index (χ0v) is 38.0. The minimum absolute atomic E-state index is 0.0280. The average molecular weight is 966 g/mol. The third kappa shape index (κ3) is 18.1. The number of ether oxygens (including phenoxy) is 4. The lowest BCUT2D eigenvalue weighted by Gasteiger charge is -2.48. The van der Waals surface area contributed by atoms with Crippen LogP contribution in [0.4, 0.5) is 0 Å². The summed E-state index contributed by atoms with van der Waals surface area (Å²) in [7, 11) is 0. The quantitative estimate of drug-likeness (QED) is 0.0358. The van der Waals surface area contributed by atoms with Gasteiger partial charge in [0.1, 0.15) is 79.0 Å². The van der Waals surface area contributed by atoms with Crippen LogP contribution in [0.2, 0.25) is 0 Å². The average Bonchev–Trinajstić information content (AvgIpc) is 3.25. The van der Waals surface area contributed by atoms with E-state index < -0.39 is 170 Å². The highest BCUT2D eigenvalue weighted by atomic mass is 16.7. The fourth-order valence-electron chi connectivity index (χ4n) is 6.83. The highest BCUT2D eigenvalue weighted by Gasteiger charge is 2.53. The first kappa shape index (κ1) is 58.0. The molecule has 8 amide bonds. The van der Waals surface area contributed by atoms with Crippen LogP contribution in [0.25, 0.3) is 0 Å². The van der Waals surface area contributed by atoms with Crippen molar-refractivity contribution < 1.29 is 92.7 Å². The molecule has 0 radical (unpaired) electrons. The van der Waals surface area contributed by atoms with Gasteiger partial charge in [0, 0.05) is 26.8 Å². The molecule has 16 unspecified atom stereocenters. The number of primary amides is 1. The van der Waals surface area contributed by atoms with Crippen molar-refractivity contribution in [1.82, 2.24) is 37.2 Å². The lowest BCUT2D eigenvalue weighted by atomic mass is 9.94. The lowest BCUT2D eigenvalue weighted by molar-refractivity contribution is -0.333. The Morgan fingerprint density at radius 2 is 1.27 bits per heavy atom. The van der Waals surface area contributed by atoms with Crippen molar-refractivity contribution >= 4 is 53.2 Å². The molecule has 2 fully saturated rings. The Kier molecular flexibility index (Phi) is 23.9. The fraction of sp³-hybridized carbons (Fsp3) is 0.769. The first-order valence-electron chi connectivity index (χ1n) is 21.5. The van der Waals surface area contributed by atoms with Gasteiger partial charge in [-0.25, -0.2) is 0 Å². The molecular weight excluding hydrogens is 898 g/mol. The van der Waals surface area contributed by atoms with E-state index in [9.17, 15) is 73.8 Å². The fourth-order valence-corrected chi connectivity index (χ4v) is 6.83. The molecule has 382 valence electrons. The summed E-state index contributed by atoms with van der Waals surface area (Å²) in [5, 5.41) is 78.2.